The number of nitrogens with two attached hydrogens (primary N) is 1. The van der Waals surface area contributed by atoms with Gasteiger partial charge in [0.1, 0.15) is 0 Å². The Bertz CT molecular complexity index is 318. The molecule has 0 aliphatic carbocycles. The minimum atomic E-state index is 0.494. The van der Waals surface area contributed by atoms with Crippen LogP contribution in [0.4, 0.5) is 11.4 Å². The van der Waals surface area contributed by atoms with Gasteiger partial charge < -0.3 is 10.6 Å². The number of anilines is 2. The van der Waals surface area contributed by atoms with Gasteiger partial charge >= 0.3 is 0 Å². The molecule has 15 heavy (non-hydrogen) atoms. The number of hydrogen-bond donors (Lipinski definition) is 1. The van der Waals surface area contributed by atoms with E-state index in [4.69, 9.17) is 5.73 Å². The van der Waals surface area contributed by atoms with E-state index in [9.17, 15) is 0 Å². The van der Waals surface area contributed by atoms with Crippen LogP contribution in [0.2, 0.25) is 0 Å². The van der Waals surface area contributed by atoms with Crippen LogP contribution in [0.5, 0.6) is 0 Å². The fourth-order valence-corrected chi connectivity index (χ4v) is 1.81. The fourth-order valence-electron chi connectivity index (χ4n) is 1.81. The van der Waals surface area contributed by atoms with Crippen LogP contribution in [0.25, 0.3) is 0 Å². The largest absolute Gasteiger partial charge is 0.397 e. The molecule has 0 fully saturated rings. The van der Waals surface area contributed by atoms with Crippen molar-refractivity contribution in [1.29, 1.82) is 0 Å². The average Bonchev–Trinajstić information content (AvgIpc) is 2.19. The van der Waals surface area contributed by atoms with Crippen molar-refractivity contribution in [2.45, 2.75) is 40.2 Å². The number of para-hydroxylation sites is 1. The lowest BCUT2D eigenvalue weighted by Crippen LogP contribution is -2.32. The van der Waals surface area contributed by atoms with Gasteiger partial charge in [0.15, 0.2) is 0 Å². The lowest BCUT2D eigenvalue weighted by molar-refractivity contribution is 0.672. The molecule has 0 saturated heterocycles. The molecular weight excluding hydrogens is 184 g/mol. The summed E-state index contributed by atoms with van der Waals surface area (Å²) in [5, 5.41) is 0. The maximum Gasteiger partial charge on any atom is 0.0604 e. The zero-order chi connectivity index (χ0) is 11.4. The summed E-state index contributed by atoms with van der Waals surface area (Å²) < 4.78 is 0. The molecule has 84 valence electrons. The summed E-state index contributed by atoms with van der Waals surface area (Å²) in [4.78, 5) is 2.36. The Morgan fingerprint density at radius 1 is 1.33 bits per heavy atom. The Labute approximate surface area is 93.1 Å². The van der Waals surface area contributed by atoms with Crippen molar-refractivity contribution in [3.05, 3.63) is 23.8 Å². The Balaban J connectivity index is 3.05. The maximum absolute atomic E-state index is 6.11. The normalized spacial score (nSPS) is 10.7. The van der Waals surface area contributed by atoms with Crippen LogP contribution >= 0.6 is 0 Å². The van der Waals surface area contributed by atoms with Gasteiger partial charge in [0.05, 0.1) is 11.4 Å². The van der Waals surface area contributed by atoms with Crippen LogP contribution in [-0.4, -0.2) is 12.6 Å². The molecule has 0 aromatic heterocycles. The van der Waals surface area contributed by atoms with E-state index in [1.807, 2.05) is 0 Å². The molecule has 0 saturated carbocycles. The molecule has 0 heterocycles. The van der Waals surface area contributed by atoms with Crippen LogP contribution in [0.3, 0.4) is 0 Å². The molecule has 0 unspecified atom stereocenters. The molecule has 0 bridgehead atoms. The Morgan fingerprint density at radius 3 is 2.53 bits per heavy atom. The summed E-state index contributed by atoms with van der Waals surface area (Å²) >= 11 is 0. The summed E-state index contributed by atoms with van der Waals surface area (Å²) in [7, 11) is 0. The zero-order valence-corrected chi connectivity index (χ0v) is 10.2. The summed E-state index contributed by atoms with van der Waals surface area (Å²) in [5.74, 6) is 0. The highest BCUT2D eigenvalue weighted by Crippen LogP contribution is 2.27. The van der Waals surface area contributed by atoms with Crippen LogP contribution in [0.1, 0.15) is 32.8 Å². The van der Waals surface area contributed by atoms with Gasteiger partial charge in [-0.3, -0.25) is 0 Å². The second-order valence-corrected chi connectivity index (χ2v) is 4.29. The highest BCUT2D eigenvalue weighted by atomic mass is 15.2. The minimum Gasteiger partial charge on any atom is -0.397 e. The van der Waals surface area contributed by atoms with Crippen molar-refractivity contribution in [2.24, 2.45) is 0 Å². The first-order valence-corrected chi connectivity index (χ1v) is 5.69. The lowest BCUT2D eigenvalue weighted by atomic mass is 10.1. The SMILES string of the molecule is CCCN(c1cccc(C)c1N)C(C)C. The molecule has 2 heteroatoms. The minimum absolute atomic E-state index is 0.494. The molecular formula is C13H22N2. The lowest BCUT2D eigenvalue weighted by Gasteiger charge is -2.30. The monoisotopic (exact) mass is 206 g/mol. The number of benzene rings is 1. The molecule has 2 N–H and O–H groups in total. The van der Waals surface area contributed by atoms with Gasteiger partial charge in [0, 0.05) is 12.6 Å². The van der Waals surface area contributed by atoms with E-state index in [1.165, 1.54) is 5.69 Å². The van der Waals surface area contributed by atoms with E-state index in [-0.39, 0.29) is 0 Å². The van der Waals surface area contributed by atoms with Crippen molar-refractivity contribution < 1.29 is 0 Å². The van der Waals surface area contributed by atoms with Gasteiger partial charge in [0.25, 0.3) is 0 Å². The highest BCUT2D eigenvalue weighted by molar-refractivity contribution is 5.71. The van der Waals surface area contributed by atoms with Gasteiger partial charge in [0.2, 0.25) is 0 Å². The predicted octanol–water partition coefficient (Wildman–Crippen LogP) is 3.20. The maximum atomic E-state index is 6.11. The summed E-state index contributed by atoms with van der Waals surface area (Å²) in [6.45, 7) is 9.73. The van der Waals surface area contributed by atoms with Crippen LogP contribution in [0.15, 0.2) is 18.2 Å². The number of nitrogens with zero attached hydrogens (tertiary/aromatic N) is 1. The van der Waals surface area contributed by atoms with E-state index in [0.29, 0.717) is 6.04 Å². The van der Waals surface area contributed by atoms with Crippen LogP contribution in [0, 0.1) is 6.92 Å². The van der Waals surface area contributed by atoms with Gasteiger partial charge in [-0.1, -0.05) is 19.1 Å². The number of hydrogen-bond acceptors (Lipinski definition) is 2. The molecule has 1 aromatic rings. The van der Waals surface area contributed by atoms with E-state index in [0.717, 1.165) is 24.2 Å². The van der Waals surface area contributed by atoms with E-state index in [2.05, 4.69) is 50.8 Å². The third kappa shape index (κ3) is 2.65. The summed E-state index contributed by atoms with van der Waals surface area (Å²) in [6, 6.07) is 6.74. The van der Waals surface area contributed by atoms with Crippen LogP contribution in [-0.2, 0) is 0 Å². The van der Waals surface area contributed by atoms with Crippen LogP contribution < -0.4 is 10.6 Å². The Kier molecular flexibility index (Phi) is 4.01. The molecule has 1 aromatic carbocycles. The molecule has 0 aliphatic heterocycles. The first-order valence-electron chi connectivity index (χ1n) is 5.69. The number of aryl methyl sites for hydroxylation is 1. The first-order chi connectivity index (χ1) is 7.07. The molecule has 0 atom stereocenters. The smallest absolute Gasteiger partial charge is 0.0604 e. The first kappa shape index (κ1) is 11.9. The Morgan fingerprint density at radius 2 is 2.00 bits per heavy atom. The third-order valence-electron chi connectivity index (χ3n) is 2.70. The quantitative estimate of drug-likeness (QED) is 0.766. The summed E-state index contributed by atoms with van der Waals surface area (Å²) in [6.07, 6.45) is 1.14. The van der Waals surface area contributed by atoms with E-state index >= 15 is 0 Å². The molecule has 0 aliphatic rings. The van der Waals surface area contributed by atoms with Gasteiger partial charge in [-0.25, -0.2) is 0 Å². The second-order valence-electron chi connectivity index (χ2n) is 4.29. The average molecular weight is 206 g/mol. The third-order valence-corrected chi connectivity index (χ3v) is 2.70. The van der Waals surface area contributed by atoms with Gasteiger partial charge in [-0.2, -0.15) is 0 Å². The van der Waals surface area contributed by atoms with Crippen molar-refractivity contribution in [3.8, 4) is 0 Å². The number of rotatable bonds is 4. The molecule has 2 nitrogen and oxygen atoms in total. The van der Waals surface area contributed by atoms with E-state index in [1.54, 1.807) is 0 Å². The number of nitrogen functional groups attached to an aromatic ring is 1. The van der Waals surface area contributed by atoms with Crippen molar-refractivity contribution in [2.75, 3.05) is 17.2 Å². The summed E-state index contributed by atoms with van der Waals surface area (Å²) in [5.41, 5.74) is 9.36. The zero-order valence-electron chi connectivity index (χ0n) is 10.2. The van der Waals surface area contributed by atoms with Crippen molar-refractivity contribution in [3.63, 3.8) is 0 Å². The highest BCUT2D eigenvalue weighted by Gasteiger charge is 2.12. The van der Waals surface area contributed by atoms with Crippen molar-refractivity contribution in [1.82, 2.24) is 0 Å². The Hall–Kier alpha value is -1.18. The molecule has 0 amide bonds. The second kappa shape index (κ2) is 5.06. The molecule has 0 radical (unpaired) electrons. The standard InChI is InChI=1S/C13H22N2/c1-5-9-15(10(2)3)12-8-6-7-11(4)13(12)14/h6-8,10H,5,9,14H2,1-4H3. The van der Waals surface area contributed by atoms with Crippen molar-refractivity contribution >= 4 is 11.4 Å². The van der Waals surface area contributed by atoms with E-state index < -0.39 is 0 Å². The molecule has 1 rings (SSSR count). The fraction of sp³-hybridized carbons (Fsp3) is 0.538. The molecule has 0 spiro atoms. The predicted molar refractivity (Wildman–Crippen MR) is 68.4 cm³/mol. The van der Waals surface area contributed by atoms with Gasteiger partial charge in [-0.05, 0) is 38.8 Å². The topological polar surface area (TPSA) is 29.3 Å². The van der Waals surface area contributed by atoms with Gasteiger partial charge in [-0.15, -0.1) is 0 Å².